The summed E-state index contributed by atoms with van der Waals surface area (Å²) in [6.07, 6.45) is 1.64. The van der Waals surface area contributed by atoms with Crippen LogP contribution in [0, 0.1) is 0 Å². The zero-order chi connectivity index (χ0) is 33.0. The normalized spacial score (nSPS) is 10.9. The number of nitrogens with one attached hydrogen (secondary N) is 3. The molecule has 9 heteroatoms. The van der Waals surface area contributed by atoms with Crippen molar-refractivity contribution < 1.29 is 19.1 Å². The monoisotopic (exact) mass is 642 g/mol. The first-order chi connectivity index (χ1) is 22.8. The molecule has 5 aromatic rings. The van der Waals surface area contributed by atoms with Crippen LogP contribution < -0.4 is 25.6 Å². The molecule has 0 unspecified atom stereocenters. The van der Waals surface area contributed by atoms with Crippen molar-refractivity contribution in [3.8, 4) is 11.5 Å². The quantitative estimate of drug-likeness (QED) is 0.0954. The molecule has 236 valence electrons. The first-order valence-electron chi connectivity index (χ1n) is 14.8. The minimum absolute atomic E-state index is 0.103. The Labute approximate surface area is 278 Å². The number of nitrogens with zero attached hydrogens (tertiary/aromatic N) is 1. The van der Waals surface area contributed by atoms with Crippen molar-refractivity contribution in [2.45, 2.75) is 4.90 Å². The van der Waals surface area contributed by atoms with Crippen LogP contribution in [0.15, 0.2) is 144 Å². The molecule has 0 atom stereocenters. The maximum atomic E-state index is 13.4. The highest BCUT2D eigenvalue weighted by Crippen LogP contribution is 2.24. The maximum absolute atomic E-state index is 13.4. The number of hydrogen-bond donors (Lipinski definition) is 3. The second-order valence-electron chi connectivity index (χ2n) is 10.6. The average molecular weight is 643 g/mol. The molecule has 8 nitrogen and oxygen atoms in total. The zero-order valence-corrected chi connectivity index (χ0v) is 26.8. The molecule has 47 heavy (non-hydrogen) atoms. The fraction of sp³-hybridized carbons (Fsp3) is 0.0789. The molecule has 0 heterocycles. The summed E-state index contributed by atoms with van der Waals surface area (Å²) < 4.78 is 5.80. The fourth-order valence-electron chi connectivity index (χ4n) is 4.39. The van der Waals surface area contributed by atoms with Crippen LogP contribution in [-0.4, -0.2) is 37.6 Å². The van der Waals surface area contributed by atoms with Gasteiger partial charge in [-0.1, -0.05) is 48.5 Å². The Hall–Kier alpha value is -5.80. The van der Waals surface area contributed by atoms with Gasteiger partial charge in [-0.15, -0.1) is 11.8 Å². The van der Waals surface area contributed by atoms with Crippen molar-refractivity contribution in [3.63, 3.8) is 0 Å². The molecule has 0 radical (unpaired) electrons. The van der Waals surface area contributed by atoms with Crippen LogP contribution in [0.3, 0.4) is 0 Å². The molecule has 0 aliphatic carbocycles. The zero-order valence-electron chi connectivity index (χ0n) is 26.0. The van der Waals surface area contributed by atoms with E-state index in [1.165, 1.54) is 11.8 Å². The summed E-state index contributed by atoms with van der Waals surface area (Å²) in [6, 6.07) is 40.2. The second kappa shape index (κ2) is 16.0. The first kappa shape index (κ1) is 32.6. The number of anilines is 3. The third-order valence-corrected chi connectivity index (χ3v) is 7.86. The lowest BCUT2D eigenvalue weighted by atomic mass is 10.1. The van der Waals surface area contributed by atoms with Gasteiger partial charge < -0.3 is 25.6 Å². The molecule has 0 aromatic heterocycles. The second-order valence-corrected chi connectivity index (χ2v) is 11.7. The van der Waals surface area contributed by atoms with Crippen molar-refractivity contribution in [1.82, 2.24) is 5.32 Å². The number of carbonyl (C=O) groups excluding carboxylic acids is 3. The number of ether oxygens (including phenoxy) is 1. The number of benzene rings is 5. The van der Waals surface area contributed by atoms with Crippen LogP contribution in [0.25, 0.3) is 6.08 Å². The Kier molecular flexibility index (Phi) is 11.1. The van der Waals surface area contributed by atoms with Gasteiger partial charge in [0.1, 0.15) is 17.2 Å². The van der Waals surface area contributed by atoms with Gasteiger partial charge >= 0.3 is 0 Å². The van der Waals surface area contributed by atoms with Crippen molar-refractivity contribution >= 4 is 52.6 Å². The third kappa shape index (κ3) is 9.84. The number of thioether (sulfide) groups is 1. The number of carbonyl (C=O) groups is 3. The Bertz CT molecular complexity index is 1830. The Morgan fingerprint density at radius 2 is 1.26 bits per heavy atom. The van der Waals surface area contributed by atoms with Crippen LogP contribution in [-0.2, 0) is 9.59 Å². The number of rotatable bonds is 12. The topological polar surface area (TPSA) is 99.8 Å². The number of amides is 3. The molecule has 0 spiro atoms. The third-order valence-electron chi connectivity index (χ3n) is 6.85. The van der Waals surface area contributed by atoms with E-state index in [1.54, 1.807) is 66.7 Å². The van der Waals surface area contributed by atoms with Crippen molar-refractivity contribution in [3.05, 3.63) is 150 Å². The average Bonchev–Trinajstić information content (AvgIpc) is 3.09. The van der Waals surface area contributed by atoms with Gasteiger partial charge in [-0.2, -0.15) is 0 Å². The summed E-state index contributed by atoms with van der Waals surface area (Å²) in [7, 11) is 3.90. The van der Waals surface area contributed by atoms with Crippen LogP contribution in [0.5, 0.6) is 11.5 Å². The smallest absolute Gasteiger partial charge is 0.272 e. The predicted molar refractivity (Wildman–Crippen MR) is 190 cm³/mol. The first-order valence-corrected chi connectivity index (χ1v) is 15.8. The van der Waals surface area contributed by atoms with Crippen LogP contribution in [0.4, 0.5) is 17.1 Å². The lowest BCUT2D eigenvalue weighted by Gasteiger charge is -2.13. The van der Waals surface area contributed by atoms with Crippen LogP contribution in [0.2, 0.25) is 0 Å². The van der Waals surface area contributed by atoms with Crippen molar-refractivity contribution in [2.24, 2.45) is 0 Å². The largest absolute Gasteiger partial charge is 0.457 e. The molecule has 0 fully saturated rings. The standard InChI is InChI=1S/C38H34N4O4S/c1-42(2)31-19-13-27(14-20-31)25-35(41-37(44)28-9-5-3-6-10-28)38(45)40-30-17-23-34(24-18-30)47-26-36(43)39-29-15-21-33(22-16-29)46-32-11-7-4-8-12-32/h3-25H,26H2,1-2H3,(H,39,43)(H,40,45)(H,41,44)/b35-25-. The minimum Gasteiger partial charge on any atom is -0.457 e. The van der Waals surface area contributed by atoms with E-state index in [0.29, 0.717) is 22.7 Å². The summed E-state index contributed by atoms with van der Waals surface area (Å²) in [6.45, 7) is 0. The molecule has 0 aliphatic heterocycles. The molecule has 0 bridgehead atoms. The summed E-state index contributed by atoms with van der Waals surface area (Å²) >= 11 is 1.38. The molecular weight excluding hydrogens is 609 g/mol. The SMILES string of the molecule is CN(C)c1ccc(/C=C(\NC(=O)c2ccccc2)C(=O)Nc2ccc(SCC(=O)Nc3ccc(Oc4ccccc4)cc3)cc2)cc1. The van der Waals surface area contributed by atoms with Gasteiger partial charge in [0.15, 0.2) is 0 Å². The number of para-hydroxylation sites is 1. The Morgan fingerprint density at radius 1 is 0.681 bits per heavy atom. The molecule has 0 aliphatic rings. The lowest BCUT2D eigenvalue weighted by molar-refractivity contribution is -0.114. The van der Waals surface area contributed by atoms with E-state index in [1.807, 2.05) is 91.8 Å². The van der Waals surface area contributed by atoms with Crippen LogP contribution in [0.1, 0.15) is 15.9 Å². The Balaban J connectivity index is 1.17. The summed E-state index contributed by atoms with van der Waals surface area (Å²) in [5.74, 6) is 0.620. The van der Waals surface area contributed by atoms with E-state index < -0.39 is 11.8 Å². The van der Waals surface area contributed by atoms with Crippen LogP contribution >= 0.6 is 11.8 Å². The van der Waals surface area contributed by atoms with Gasteiger partial charge in [-0.3, -0.25) is 14.4 Å². The van der Waals surface area contributed by atoms with Gasteiger partial charge in [0.2, 0.25) is 5.91 Å². The Morgan fingerprint density at radius 3 is 1.89 bits per heavy atom. The fourth-order valence-corrected chi connectivity index (χ4v) is 5.09. The van der Waals surface area contributed by atoms with Crippen molar-refractivity contribution in [2.75, 3.05) is 35.4 Å². The highest BCUT2D eigenvalue weighted by Gasteiger charge is 2.15. The van der Waals surface area contributed by atoms with Gasteiger partial charge in [0.25, 0.3) is 11.8 Å². The highest BCUT2D eigenvalue weighted by molar-refractivity contribution is 8.00. The van der Waals surface area contributed by atoms with E-state index in [-0.39, 0.29) is 17.4 Å². The molecule has 5 aromatic carbocycles. The summed E-state index contributed by atoms with van der Waals surface area (Å²) in [5.41, 5.74) is 3.53. The molecule has 0 saturated heterocycles. The molecule has 3 N–H and O–H groups in total. The van der Waals surface area contributed by atoms with Gasteiger partial charge in [0.05, 0.1) is 5.75 Å². The van der Waals surface area contributed by atoms with E-state index in [4.69, 9.17) is 4.74 Å². The summed E-state index contributed by atoms with van der Waals surface area (Å²) in [5, 5.41) is 8.52. The summed E-state index contributed by atoms with van der Waals surface area (Å²) in [4.78, 5) is 41.7. The van der Waals surface area contributed by atoms with Gasteiger partial charge in [-0.05, 0) is 96.6 Å². The predicted octanol–water partition coefficient (Wildman–Crippen LogP) is 7.69. The van der Waals surface area contributed by atoms with E-state index in [9.17, 15) is 14.4 Å². The van der Waals surface area contributed by atoms with Crippen molar-refractivity contribution in [1.29, 1.82) is 0 Å². The van der Waals surface area contributed by atoms with Gasteiger partial charge in [0, 0.05) is 41.6 Å². The highest BCUT2D eigenvalue weighted by atomic mass is 32.2. The molecular formula is C38H34N4O4S. The van der Waals surface area contributed by atoms with E-state index in [2.05, 4.69) is 16.0 Å². The lowest BCUT2D eigenvalue weighted by Crippen LogP contribution is -2.30. The number of hydrogen-bond acceptors (Lipinski definition) is 6. The molecule has 3 amide bonds. The molecule has 5 rings (SSSR count). The van der Waals surface area contributed by atoms with E-state index in [0.717, 1.165) is 21.9 Å². The maximum Gasteiger partial charge on any atom is 0.272 e. The van der Waals surface area contributed by atoms with E-state index >= 15 is 0 Å². The molecule has 0 saturated carbocycles. The van der Waals surface area contributed by atoms with Gasteiger partial charge in [-0.25, -0.2) is 0 Å². The minimum atomic E-state index is -0.467.